The monoisotopic (exact) mass is 212 g/mol. The predicted molar refractivity (Wildman–Crippen MR) is 60.5 cm³/mol. The van der Waals surface area contributed by atoms with Crippen molar-refractivity contribution in [2.24, 2.45) is 5.92 Å². The van der Waals surface area contributed by atoms with E-state index < -0.39 is 0 Å². The molecule has 1 aromatic heterocycles. The van der Waals surface area contributed by atoms with Crippen molar-refractivity contribution in [3.05, 3.63) is 0 Å². The Bertz CT molecular complexity index is 274. The van der Waals surface area contributed by atoms with Gasteiger partial charge in [-0.15, -0.1) is 0 Å². The number of nitrogens with zero attached hydrogens (tertiary/aromatic N) is 2. The molecule has 0 saturated carbocycles. The maximum atomic E-state index is 5.32. The van der Waals surface area contributed by atoms with Crippen molar-refractivity contribution in [2.45, 2.75) is 39.5 Å². The zero-order chi connectivity index (χ0) is 11.1. The Labute approximate surface area is 90.4 Å². The molecule has 1 heterocycles. The quantitative estimate of drug-likeness (QED) is 0.725. The van der Waals surface area contributed by atoms with E-state index in [1.54, 1.807) is 0 Å². The summed E-state index contributed by atoms with van der Waals surface area (Å²) in [7, 11) is 0. The number of unbranched alkanes of at least 4 members (excludes halogenated alkanes) is 1. The fraction of sp³-hybridized carbons (Fsp3) is 0.800. The van der Waals surface area contributed by atoms with E-state index in [9.17, 15) is 0 Å². The summed E-state index contributed by atoms with van der Waals surface area (Å²) in [6.45, 7) is 5.28. The molecule has 1 aromatic rings. The minimum absolute atomic E-state index is 0.110. The van der Waals surface area contributed by atoms with Gasteiger partial charge in [0, 0.05) is 6.54 Å². The van der Waals surface area contributed by atoms with Gasteiger partial charge in [-0.1, -0.05) is 43.3 Å². The van der Waals surface area contributed by atoms with Crippen molar-refractivity contribution < 1.29 is 4.42 Å². The lowest BCUT2D eigenvalue weighted by Gasteiger charge is -2.13. The molecule has 0 aliphatic heterocycles. The second kappa shape index (κ2) is 6.27. The highest BCUT2D eigenvalue weighted by Crippen LogP contribution is 2.14. The van der Waals surface area contributed by atoms with Gasteiger partial charge in [0.2, 0.25) is 0 Å². The molecule has 5 heteroatoms. The first-order chi connectivity index (χ1) is 7.26. The first kappa shape index (κ1) is 11.8. The smallest absolute Gasteiger partial charge is 0.316 e. The Morgan fingerprint density at radius 1 is 1.40 bits per heavy atom. The molecule has 0 saturated heterocycles. The lowest BCUT2D eigenvalue weighted by atomic mass is 10.00. The normalized spacial score (nSPS) is 12.7. The maximum Gasteiger partial charge on any atom is 0.316 e. The van der Waals surface area contributed by atoms with E-state index in [4.69, 9.17) is 10.2 Å². The molecule has 1 unspecified atom stereocenters. The average molecular weight is 212 g/mol. The summed E-state index contributed by atoms with van der Waals surface area (Å²) in [5.41, 5.74) is 5.32. The summed E-state index contributed by atoms with van der Waals surface area (Å²) in [5.74, 6) is 0.665. The number of anilines is 2. The van der Waals surface area contributed by atoms with Crippen molar-refractivity contribution in [1.82, 2.24) is 10.2 Å². The van der Waals surface area contributed by atoms with E-state index >= 15 is 0 Å². The standard InChI is InChI=1S/C10H20N4O/c1-3-5-6-8(4-2)7-12-10-14-13-9(11)15-10/h8H,3-7H2,1-2H3,(H2,11,13)(H,12,14). The van der Waals surface area contributed by atoms with Crippen LogP contribution in [0.3, 0.4) is 0 Å². The van der Waals surface area contributed by atoms with Crippen LogP contribution >= 0.6 is 0 Å². The Kier molecular flexibility index (Phi) is 4.93. The molecule has 5 nitrogen and oxygen atoms in total. The molecule has 0 aromatic carbocycles. The summed E-state index contributed by atoms with van der Waals surface area (Å²) in [6.07, 6.45) is 4.91. The molecular formula is C10H20N4O. The number of rotatable bonds is 7. The second-order valence-electron chi connectivity index (χ2n) is 3.74. The highest BCUT2D eigenvalue weighted by molar-refractivity contribution is 5.22. The molecule has 15 heavy (non-hydrogen) atoms. The SMILES string of the molecule is CCCCC(CC)CNc1nnc(N)o1. The zero-order valence-electron chi connectivity index (χ0n) is 9.49. The van der Waals surface area contributed by atoms with Crippen LogP contribution in [-0.2, 0) is 0 Å². The van der Waals surface area contributed by atoms with Gasteiger partial charge in [0.05, 0.1) is 0 Å². The number of nitrogens with two attached hydrogens (primary N) is 1. The summed E-state index contributed by atoms with van der Waals surface area (Å²) >= 11 is 0. The molecule has 0 aliphatic rings. The third-order valence-electron chi connectivity index (χ3n) is 2.53. The highest BCUT2D eigenvalue weighted by Gasteiger charge is 2.08. The summed E-state index contributed by atoms with van der Waals surface area (Å²) in [5, 5.41) is 10.4. The number of nitrogens with one attached hydrogen (secondary N) is 1. The molecule has 0 spiro atoms. The van der Waals surface area contributed by atoms with Gasteiger partial charge in [-0.25, -0.2) is 0 Å². The van der Waals surface area contributed by atoms with Crippen molar-refractivity contribution in [1.29, 1.82) is 0 Å². The number of hydrogen-bond donors (Lipinski definition) is 2. The lowest BCUT2D eigenvalue weighted by molar-refractivity contribution is 0.465. The second-order valence-corrected chi connectivity index (χ2v) is 3.74. The third kappa shape index (κ3) is 4.18. The number of aromatic nitrogens is 2. The van der Waals surface area contributed by atoms with Gasteiger partial charge < -0.3 is 15.5 Å². The van der Waals surface area contributed by atoms with Crippen molar-refractivity contribution >= 4 is 12.0 Å². The van der Waals surface area contributed by atoms with Crippen LogP contribution in [0.25, 0.3) is 0 Å². The van der Waals surface area contributed by atoms with Crippen LogP contribution < -0.4 is 11.1 Å². The van der Waals surface area contributed by atoms with Crippen molar-refractivity contribution in [2.75, 3.05) is 17.6 Å². The van der Waals surface area contributed by atoms with Crippen molar-refractivity contribution in [3.63, 3.8) is 0 Å². The van der Waals surface area contributed by atoms with Gasteiger partial charge in [-0.05, 0) is 12.3 Å². The molecule has 0 bridgehead atoms. The van der Waals surface area contributed by atoms with E-state index in [-0.39, 0.29) is 6.01 Å². The predicted octanol–water partition coefficient (Wildman–Crippen LogP) is 2.28. The molecule has 0 amide bonds. The van der Waals surface area contributed by atoms with Crippen LogP contribution in [0, 0.1) is 5.92 Å². The van der Waals surface area contributed by atoms with Gasteiger partial charge in [0.25, 0.3) is 0 Å². The lowest BCUT2D eigenvalue weighted by Crippen LogP contribution is -2.13. The minimum atomic E-state index is 0.110. The van der Waals surface area contributed by atoms with E-state index in [1.165, 1.54) is 19.3 Å². The molecule has 0 fully saturated rings. The number of nitrogen functional groups attached to an aromatic ring is 1. The van der Waals surface area contributed by atoms with Gasteiger partial charge in [-0.2, -0.15) is 0 Å². The summed E-state index contributed by atoms with van der Waals surface area (Å²) in [6, 6.07) is 0.529. The summed E-state index contributed by atoms with van der Waals surface area (Å²) in [4.78, 5) is 0. The number of hydrogen-bond acceptors (Lipinski definition) is 5. The fourth-order valence-corrected chi connectivity index (χ4v) is 1.48. The molecule has 86 valence electrons. The van der Waals surface area contributed by atoms with Gasteiger partial charge in [0.15, 0.2) is 0 Å². The molecule has 3 N–H and O–H groups in total. The van der Waals surface area contributed by atoms with Crippen LogP contribution in [0.5, 0.6) is 0 Å². The minimum Gasteiger partial charge on any atom is -0.390 e. The highest BCUT2D eigenvalue weighted by atomic mass is 16.4. The van der Waals surface area contributed by atoms with Crippen molar-refractivity contribution in [3.8, 4) is 0 Å². The van der Waals surface area contributed by atoms with E-state index in [0.717, 1.165) is 13.0 Å². The van der Waals surface area contributed by atoms with Crippen LogP contribution in [0.15, 0.2) is 4.42 Å². The molecule has 1 rings (SSSR count). The Hall–Kier alpha value is -1.26. The Morgan fingerprint density at radius 3 is 2.73 bits per heavy atom. The summed E-state index contributed by atoms with van der Waals surface area (Å²) < 4.78 is 5.03. The average Bonchev–Trinajstić information content (AvgIpc) is 2.65. The maximum absolute atomic E-state index is 5.32. The first-order valence-corrected chi connectivity index (χ1v) is 5.59. The largest absolute Gasteiger partial charge is 0.390 e. The Morgan fingerprint density at radius 2 is 2.20 bits per heavy atom. The van der Waals surface area contributed by atoms with E-state index in [1.807, 2.05) is 0 Å². The third-order valence-corrected chi connectivity index (χ3v) is 2.53. The van der Waals surface area contributed by atoms with E-state index in [2.05, 4.69) is 29.4 Å². The van der Waals surface area contributed by atoms with E-state index in [0.29, 0.717) is 11.9 Å². The molecule has 0 radical (unpaired) electrons. The van der Waals surface area contributed by atoms with Crippen LogP contribution in [-0.4, -0.2) is 16.7 Å². The molecule has 0 aliphatic carbocycles. The molecule has 1 atom stereocenters. The Balaban J connectivity index is 2.27. The van der Waals surface area contributed by atoms with Crippen LogP contribution in [0.1, 0.15) is 39.5 Å². The first-order valence-electron chi connectivity index (χ1n) is 5.59. The topological polar surface area (TPSA) is 77.0 Å². The van der Waals surface area contributed by atoms with Crippen LogP contribution in [0.4, 0.5) is 12.0 Å². The molecular weight excluding hydrogens is 192 g/mol. The van der Waals surface area contributed by atoms with Crippen LogP contribution in [0.2, 0.25) is 0 Å². The van der Waals surface area contributed by atoms with Gasteiger partial charge in [0.1, 0.15) is 0 Å². The van der Waals surface area contributed by atoms with Gasteiger partial charge in [-0.3, -0.25) is 0 Å². The zero-order valence-corrected chi connectivity index (χ0v) is 9.49. The fourth-order valence-electron chi connectivity index (χ4n) is 1.48. The van der Waals surface area contributed by atoms with Gasteiger partial charge >= 0.3 is 12.0 Å².